The fourth-order valence-electron chi connectivity index (χ4n) is 3.74. The highest BCUT2D eigenvalue weighted by Crippen LogP contribution is 2.41. The third-order valence-corrected chi connectivity index (χ3v) is 5.34. The van der Waals surface area contributed by atoms with Crippen molar-refractivity contribution in [2.75, 3.05) is 19.5 Å². The normalized spacial score (nSPS) is 20.7. The van der Waals surface area contributed by atoms with E-state index in [1.54, 1.807) is 20.3 Å². The number of carbonyl (C=O) groups is 1. The molecule has 2 aliphatic heterocycles. The minimum atomic E-state index is -0.662. The van der Waals surface area contributed by atoms with Crippen LogP contribution in [0.5, 0.6) is 11.5 Å². The Hall–Kier alpha value is -3.35. The second-order valence-electron chi connectivity index (χ2n) is 7.67. The monoisotopic (exact) mass is 410 g/mol. The summed E-state index contributed by atoms with van der Waals surface area (Å²) in [5, 5.41) is 2.71. The largest absolute Gasteiger partial charge is 0.497 e. The molecule has 0 saturated carbocycles. The van der Waals surface area contributed by atoms with E-state index in [-0.39, 0.29) is 5.91 Å². The molecule has 0 bridgehead atoms. The molecule has 1 amide bonds. The van der Waals surface area contributed by atoms with Crippen LogP contribution in [0.2, 0.25) is 0 Å². The molecule has 4 rings (SSSR count). The van der Waals surface area contributed by atoms with Gasteiger partial charge in [-0.05, 0) is 44.2 Å². The summed E-state index contributed by atoms with van der Waals surface area (Å²) in [7, 11) is 3.21. The van der Waals surface area contributed by atoms with Crippen LogP contribution in [0.25, 0.3) is 5.57 Å². The van der Waals surface area contributed by atoms with Crippen molar-refractivity contribution in [1.29, 1.82) is 0 Å². The Morgan fingerprint density at radius 3 is 2.70 bits per heavy atom. The Labute approximate surface area is 174 Å². The Kier molecular flexibility index (Phi) is 4.97. The van der Waals surface area contributed by atoms with Crippen molar-refractivity contribution in [3.63, 3.8) is 0 Å². The van der Waals surface area contributed by atoms with E-state index in [0.29, 0.717) is 47.0 Å². The number of allylic oxidation sites excluding steroid dienone is 1. The van der Waals surface area contributed by atoms with Gasteiger partial charge in [0.1, 0.15) is 28.7 Å². The maximum absolute atomic E-state index is 13.5. The van der Waals surface area contributed by atoms with Gasteiger partial charge in [-0.1, -0.05) is 0 Å². The number of fused-ring (bicyclic) bond motifs is 1. The summed E-state index contributed by atoms with van der Waals surface area (Å²) >= 11 is 0. The predicted octanol–water partition coefficient (Wildman–Crippen LogP) is 4.35. The topological polar surface area (TPSA) is 69.2 Å². The molecule has 1 saturated heterocycles. The molecule has 0 unspecified atom stereocenters. The fraction of sp³-hybridized carbons (Fsp3) is 0.304. The van der Waals surface area contributed by atoms with Crippen LogP contribution < -0.4 is 14.8 Å². The molecular weight excluding hydrogens is 387 g/mol. The number of halogens is 1. The van der Waals surface area contributed by atoms with Crippen molar-refractivity contribution < 1.29 is 23.4 Å². The number of aliphatic imine (C=N–C) groups is 1. The predicted molar refractivity (Wildman–Crippen MR) is 112 cm³/mol. The number of hydrogen-bond acceptors (Lipinski definition) is 5. The maximum Gasteiger partial charge on any atom is 0.259 e. The SMILES string of the molecule is COc1ccc(CN=C2CC(=C3C(=O)Nc4cc(F)ccc43)OC2(C)C)c(OC)c1. The van der Waals surface area contributed by atoms with E-state index in [1.807, 2.05) is 32.0 Å². The smallest absolute Gasteiger partial charge is 0.259 e. The molecule has 30 heavy (non-hydrogen) atoms. The zero-order valence-electron chi connectivity index (χ0n) is 17.3. The number of nitrogens with one attached hydrogen (secondary N) is 1. The lowest BCUT2D eigenvalue weighted by Gasteiger charge is -2.19. The van der Waals surface area contributed by atoms with Gasteiger partial charge in [0.25, 0.3) is 5.91 Å². The molecule has 1 N–H and O–H groups in total. The van der Waals surface area contributed by atoms with Gasteiger partial charge in [-0.3, -0.25) is 9.79 Å². The second-order valence-corrected chi connectivity index (χ2v) is 7.67. The molecule has 2 aromatic carbocycles. The Morgan fingerprint density at radius 2 is 1.97 bits per heavy atom. The molecule has 2 aromatic rings. The van der Waals surface area contributed by atoms with E-state index >= 15 is 0 Å². The van der Waals surface area contributed by atoms with Crippen molar-refractivity contribution in [3.05, 3.63) is 59.1 Å². The van der Waals surface area contributed by atoms with Crippen LogP contribution in [0.1, 0.15) is 31.4 Å². The zero-order chi connectivity index (χ0) is 21.5. The molecule has 0 aromatic heterocycles. The minimum Gasteiger partial charge on any atom is -0.497 e. The van der Waals surface area contributed by atoms with Crippen molar-refractivity contribution in [2.45, 2.75) is 32.4 Å². The number of hydrogen-bond donors (Lipinski definition) is 1. The average Bonchev–Trinajstić information content (AvgIpc) is 3.19. The fourth-order valence-corrected chi connectivity index (χ4v) is 3.74. The number of benzene rings is 2. The van der Waals surface area contributed by atoms with E-state index in [2.05, 4.69) is 5.32 Å². The van der Waals surface area contributed by atoms with Crippen molar-refractivity contribution in [3.8, 4) is 11.5 Å². The molecule has 6 nitrogen and oxygen atoms in total. The zero-order valence-corrected chi connectivity index (χ0v) is 17.3. The molecule has 2 heterocycles. The first-order valence-electron chi connectivity index (χ1n) is 9.60. The van der Waals surface area contributed by atoms with Crippen molar-refractivity contribution in [1.82, 2.24) is 0 Å². The van der Waals surface area contributed by atoms with Gasteiger partial charge in [0, 0.05) is 23.6 Å². The number of amides is 1. The number of methoxy groups -OCH3 is 2. The summed E-state index contributed by atoms with van der Waals surface area (Å²) in [6, 6.07) is 9.84. The molecule has 1 fully saturated rings. The first kappa shape index (κ1) is 19.9. The van der Waals surface area contributed by atoms with Gasteiger partial charge in [0.2, 0.25) is 0 Å². The van der Waals surface area contributed by atoms with Crippen LogP contribution in [-0.4, -0.2) is 31.4 Å². The maximum atomic E-state index is 13.5. The summed E-state index contributed by atoms with van der Waals surface area (Å²) in [5.41, 5.74) is 2.62. The molecule has 0 spiro atoms. The summed E-state index contributed by atoms with van der Waals surface area (Å²) in [6.07, 6.45) is 0.408. The van der Waals surface area contributed by atoms with E-state index in [4.69, 9.17) is 19.2 Å². The highest BCUT2D eigenvalue weighted by molar-refractivity contribution is 6.32. The Bertz CT molecular complexity index is 1090. The Balaban J connectivity index is 1.65. The van der Waals surface area contributed by atoms with E-state index in [1.165, 1.54) is 12.1 Å². The number of ether oxygens (including phenoxy) is 3. The number of anilines is 1. The van der Waals surface area contributed by atoms with Crippen LogP contribution in [0, 0.1) is 5.82 Å². The van der Waals surface area contributed by atoms with Crippen LogP contribution >= 0.6 is 0 Å². The first-order chi connectivity index (χ1) is 14.3. The average molecular weight is 410 g/mol. The second kappa shape index (κ2) is 7.48. The lowest BCUT2D eigenvalue weighted by molar-refractivity contribution is -0.111. The number of nitrogens with zero attached hydrogens (tertiary/aromatic N) is 1. The van der Waals surface area contributed by atoms with E-state index in [9.17, 15) is 9.18 Å². The van der Waals surface area contributed by atoms with Gasteiger partial charge in [0.15, 0.2) is 0 Å². The summed E-state index contributed by atoms with van der Waals surface area (Å²) in [4.78, 5) is 17.3. The molecule has 0 aliphatic carbocycles. The minimum absolute atomic E-state index is 0.292. The van der Waals surface area contributed by atoms with Crippen molar-refractivity contribution >= 4 is 22.9 Å². The van der Waals surface area contributed by atoms with Crippen LogP contribution in [0.4, 0.5) is 10.1 Å². The lowest BCUT2D eigenvalue weighted by atomic mass is 10.00. The summed E-state index contributed by atoms with van der Waals surface area (Å²) in [6.45, 7) is 4.25. The van der Waals surface area contributed by atoms with Crippen LogP contribution in [0.15, 0.2) is 47.1 Å². The molecular formula is C23H23FN2O4. The van der Waals surface area contributed by atoms with Gasteiger partial charge >= 0.3 is 0 Å². The van der Waals surface area contributed by atoms with Gasteiger partial charge in [0.05, 0.1) is 37.7 Å². The number of carbonyl (C=O) groups excluding carboxylic acids is 1. The summed E-state index contributed by atoms with van der Waals surface area (Å²) in [5.74, 6) is 1.26. The standard InChI is InChI=1S/C23H23FN2O4/c1-23(2)20(25-12-13-5-7-15(28-3)10-18(13)29-4)11-19(30-23)21-16-8-6-14(24)9-17(16)26-22(21)27/h5-10H,11-12H2,1-4H3,(H,26,27). The van der Waals surface area contributed by atoms with Gasteiger partial charge < -0.3 is 19.5 Å². The molecule has 2 aliphatic rings. The highest BCUT2D eigenvalue weighted by atomic mass is 19.1. The third-order valence-electron chi connectivity index (χ3n) is 5.34. The highest BCUT2D eigenvalue weighted by Gasteiger charge is 2.40. The molecule has 0 radical (unpaired) electrons. The van der Waals surface area contributed by atoms with Crippen LogP contribution in [-0.2, 0) is 16.1 Å². The third kappa shape index (κ3) is 3.51. The van der Waals surface area contributed by atoms with E-state index in [0.717, 1.165) is 11.3 Å². The molecule has 0 atom stereocenters. The quantitative estimate of drug-likeness (QED) is 0.761. The molecule has 156 valence electrons. The van der Waals surface area contributed by atoms with E-state index < -0.39 is 11.4 Å². The van der Waals surface area contributed by atoms with Gasteiger partial charge in [-0.25, -0.2) is 4.39 Å². The van der Waals surface area contributed by atoms with Crippen molar-refractivity contribution in [2.24, 2.45) is 4.99 Å². The molecule has 7 heteroatoms. The number of rotatable bonds is 4. The Morgan fingerprint density at radius 1 is 1.17 bits per heavy atom. The van der Waals surface area contributed by atoms with Crippen LogP contribution in [0.3, 0.4) is 0 Å². The lowest BCUT2D eigenvalue weighted by Crippen LogP contribution is -2.27. The first-order valence-corrected chi connectivity index (χ1v) is 9.60. The van der Waals surface area contributed by atoms with Gasteiger partial charge in [-0.15, -0.1) is 0 Å². The van der Waals surface area contributed by atoms with Gasteiger partial charge in [-0.2, -0.15) is 0 Å². The summed E-state index contributed by atoms with van der Waals surface area (Å²) < 4.78 is 30.3.